The Morgan fingerprint density at radius 2 is 1.88 bits per heavy atom. The molecule has 0 saturated carbocycles. The maximum atomic E-state index is 13.4. The average molecular weight is 485 g/mol. The van der Waals surface area contributed by atoms with Crippen LogP contribution < -0.4 is 5.32 Å². The van der Waals surface area contributed by atoms with E-state index in [0.29, 0.717) is 5.56 Å². The van der Waals surface area contributed by atoms with Crippen molar-refractivity contribution in [2.75, 3.05) is 25.4 Å². The smallest absolute Gasteiger partial charge is 0.407 e. The molecular formula is C23H30F2N2O5S. The van der Waals surface area contributed by atoms with Crippen molar-refractivity contribution in [1.29, 1.82) is 0 Å². The second-order valence-corrected chi connectivity index (χ2v) is 10.6. The van der Waals surface area contributed by atoms with Gasteiger partial charge in [0.15, 0.2) is 0 Å². The molecule has 2 aromatic carbocycles. The molecular weight excluding hydrogens is 454 g/mol. The Labute approximate surface area is 193 Å². The minimum atomic E-state index is -2.81. The van der Waals surface area contributed by atoms with Gasteiger partial charge in [-0.1, -0.05) is 25.1 Å². The summed E-state index contributed by atoms with van der Waals surface area (Å²) in [6.45, 7) is 1.82. The van der Waals surface area contributed by atoms with Crippen LogP contribution in [0, 0.1) is 11.6 Å². The van der Waals surface area contributed by atoms with Gasteiger partial charge in [0.25, 0.3) is 0 Å². The number of aryl methyl sites for hydroxylation is 1. The lowest BCUT2D eigenvalue weighted by Crippen LogP contribution is -2.43. The summed E-state index contributed by atoms with van der Waals surface area (Å²) in [6.07, 6.45) is -1.39. The fraction of sp³-hybridized carbons (Fsp3) is 0.435. The summed E-state index contributed by atoms with van der Waals surface area (Å²) in [6, 6.07) is 8.53. The van der Waals surface area contributed by atoms with Crippen LogP contribution in [0.15, 0.2) is 36.4 Å². The first-order valence-corrected chi connectivity index (χ1v) is 12.6. The zero-order valence-corrected chi connectivity index (χ0v) is 19.2. The number of benzene rings is 2. The third-order valence-corrected chi connectivity index (χ3v) is 7.35. The third kappa shape index (κ3) is 7.12. The minimum absolute atomic E-state index is 0.0361. The van der Waals surface area contributed by atoms with Crippen LogP contribution in [0.5, 0.6) is 0 Å². The van der Waals surface area contributed by atoms with Crippen molar-refractivity contribution in [3.05, 3.63) is 70.3 Å². The number of hydrogen-bond donors (Lipinski definition) is 5. The molecule has 2 aromatic rings. The van der Waals surface area contributed by atoms with Gasteiger partial charge < -0.3 is 20.4 Å². The van der Waals surface area contributed by atoms with Gasteiger partial charge in [0, 0.05) is 19.2 Å². The van der Waals surface area contributed by atoms with Crippen LogP contribution in [0.2, 0.25) is 0 Å². The SMILES string of the molecule is CCc1ccc2c(c1)[C@@H](NCC(O)CN(CCc1cc(F)cc(F)c1)C(=O)O)CS(O)(O)C2. The number of carbonyl (C=O) groups is 1. The predicted molar refractivity (Wildman–Crippen MR) is 124 cm³/mol. The van der Waals surface area contributed by atoms with Gasteiger partial charge in [-0.25, -0.2) is 13.6 Å². The van der Waals surface area contributed by atoms with Crippen molar-refractivity contribution in [1.82, 2.24) is 10.2 Å². The Morgan fingerprint density at radius 3 is 2.52 bits per heavy atom. The highest BCUT2D eigenvalue weighted by Crippen LogP contribution is 2.50. The van der Waals surface area contributed by atoms with Crippen LogP contribution in [-0.4, -0.2) is 61.8 Å². The third-order valence-electron chi connectivity index (χ3n) is 5.71. The molecule has 2 atom stereocenters. The molecule has 1 unspecified atom stereocenters. The number of carboxylic acid groups (broad SMARTS) is 1. The second kappa shape index (κ2) is 10.8. The molecule has 0 fully saturated rings. The molecule has 33 heavy (non-hydrogen) atoms. The fourth-order valence-corrected chi connectivity index (χ4v) is 5.75. The monoisotopic (exact) mass is 484 g/mol. The molecule has 3 rings (SSSR count). The maximum absolute atomic E-state index is 13.4. The van der Waals surface area contributed by atoms with Crippen LogP contribution in [0.1, 0.15) is 35.2 Å². The molecule has 0 aliphatic carbocycles. The number of fused-ring (bicyclic) bond motifs is 1. The van der Waals surface area contributed by atoms with E-state index < -0.39 is 34.4 Å². The first-order chi connectivity index (χ1) is 15.6. The Bertz CT molecular complexity index is 971. The average Bonchev–Trinajstić information content (AvgIpc) is 2.73. The van der Waals surface area contributed by atoms with Gasteiger partial charge in [-0.2, -0.15) is 10.6 Å². The van der Waals surface area contributed by atoms with E-state index in [1.165, 1.54) is 0 Å². The fourth-order valence-electron chi connectivity index (χ4n) is 4.04. The first kappa shape index (κ1) is 25.4. The van der Waals surface area contributed by atoms with Gasteiger partial charge in [0.1, 0.15) is 11.6 Å². The summed E-state index contributed by atoms with van der Waals surface area (Å²) in [5, 5.41) is 23.1. The molecule has 1 heterocycles. The molecule has 0 aromatic heterocycles. The molecule has 1 amide bonds. The molecule has 0 saturated heterocycles. The van der Waals surface area contributed by atoms with E-state index in [1.807, 2.05) is 25.1 Å². The summed E-state index contributed by atoms with van der Waals surface area (Å²) in [5.41, 5.74) is 3.24. The predicted octanol–water partition coefficient (Wildman–Crippen LogP) is 4.01. The van der Waals surface area contributed by atoms with Crippen LogP contribution in [-0.2, 0) is 18.6 Å². The van der Waals surface area contributed by atoms with Crippen molar-refractivity contribution in [3.8, 4) is 0 Å². The number of hydrogen-bond acceptors (Lipinski definition) is 5. The van der Waals surface area contributed by atoms with Gasteiger partial charge in [0.05, 0.1) is 30.2 Å². The second-order valence-electron chi connectivity index (χ2n) is 8.37. The number of rotatable bonds is 9. The lowest BCUT2D eigenvalue weighted by Gasteiger charge is -2.42. The van der Waals surface area contributed by atoms with Crippen molar-refractivity contribution in [3.63, 3.8) is 0 Å². The van der Waals surface area contributed by atoms with Gasteiger partial charge in [-0.3, -0.25) is 9.11 Å². The molecule has 0 bridgehead atoms. The molecule has 182 valence electrons. The summed E-state index contributed by atoms with van der Waals surface area (Å²) in [5.74, 6) is -1.16. The van der Waals surface area contributed by atoms with E-state index in [2.05, 4.69) is 5.32 Å². The van der Waals surface area contributed by atoms with E-state index in [-0.39, 0.29) is 43.6 Å². The van der Waals surface area contributed by atoms with Gasteiger partial charge in [-0.15, -0.1) is 0 Å². The van der Waals surface area contributed by atoms with E-state index in [4.69, 9.17) is 0 Å². The number of nitrogens with zero attached hydrogens (tertiary/aromatic N) is 1. The van der Waals surface area contributed by atoms with E-state index in [1.54, 1.807) is 0 Å². The van der Waals surface area contributed by atoms with Crippen molar-refractivity contribution in [2.45, 2.75) is 37.7 Å². The van der Waals surface area contributed by atoms with Gasteiger partial charge >= 0.3 is 6.09 Å². The van der Waals surface area contributed by atoms with Crippen LogP contribution >= 0.6 is 10.6 Å². The number of aliphatic hydroxyl groups excluding tert-OH is 1. The largest absolute Gasteiger partial charge is 0.465 e. The van der Waals surface area contributed by atoms with Crippen LogP contribution in [0.25, 0.3) is 0 Å². The van der Waals surface area contributed by atoms with Crippen LogP contribution in [0.3, 0.4) is 0 Å². The highest BCUT2D eigenvalue weighted by atomic mass is 32.3. The molecule has 1 aliphatic heterocycles. The van der Waals surface area contributed by atoms with E-state index in [9.17, 15) is 32.9 Å². The molecule has 0 radical (unpaired) electrons. The van der Waals surface area contributed by atoms with Crippen molar-refractivity contribution < 1.29 is 32.9 Å². The number of aliphatic hydroxyl groups is 1. The standard InChI is InChI=1S/C23H30F2N2O5S/c1-2-15-3-4-17-13-33(31,32)14-22(21(17)9-15)26-11-20(28)12-27(23(29)30)6-5-16-7-18(24)10-19(25)8-16/h3-4,7-10,20,22,26,28,31-32H,2,5-6,11-14H2,1H3,(H,29,30)/t20?,22-/m0/s1. The highest BCUT2D eigenvalue weighted by Gasteiger charge is 2.30. The number of amides is 1. The van der Waals surface area contributed by atoms with Crippen molar-refractivity contribution in [2.24, 2.45) is 0 Å². The first-order valence-electron chi connectivity index (χ1n) is 10.8. The van der Waals surface area contributed by atoms with Gasteiger partial charge in [-0.05, 0) is 47.2 Å². The molecule has 10 heteroatoms. The summed E-state index contributed by atoms with van der Waals surface area (Å²) >= 11 is 0. The normalized spacial score (nSPS) is 18.9. The molecule has 7 nitrogen and oxygen atoms in total. The Kier molecular flexibility index (Phi) is 8.30. The maximum Gasteiger partial charge on any atom is 0.407 e. The number of nitrogens with one attached hydrogen (secondary N) is 1. The van der Waals surface area contributed by atoms with Gasteiger partial charge in [0.2, 0.25) is 0 Å². The Hall–Kier alpha value is -2.24. The zero-order valence-electron chi connectivity index (χ0n) is 18.4. The quantitative estimate of drug-likeness (QED) is 0.368. The lowest BCUT2D eigenvalue weighted by molar-refractivity contribution is 0.0951. The van der Waals surface area contributed by atoms with Crippen LogP contribution in [0.4, 0.5) is 13.6 Å². The highest BCUT2D eigenvalue weighted by molar-refractivity contribution is 8.23. The van der Waals surface area contributed by atoms with E-state index >= 15 is 0 Å². The summed E-state index contributed by atoms with van der Waals surface area (Å²) < 4.78 is 47.3. The Balaban J connectivity index is 1.61. The van der Waals surface area contributed by atoms with Crippen molar-refractivity contribution >= 4 is 16.7 Å². The number of halogens is 2. The summed E-state index contributed by atoms with van der Waals surface area (Å²) in [4.78, 5) is 12.6. The Morgan fingerprint density at radius 1 is 1.18 bits per heavy atom. The topological polar surface area (TPSA) is 113 Å². The lowest BCUT2D eigenvalue weighted by atomic mass is 9.98. The zero-order chi connectivity index (χ0) is 24.2. The molecule has 1 aliphatic rings. The molecule has 5 N–H and O–H groups in total. The molecule has 0 spiro atoms. The van der Waals surface area contributed by atoms with E-state index in [0.717, 1.165) is 46.2 Å². The minimum Gasteiger partial charge on any atom is -0.465 e. The summed E-state index contributed by atoms with van der Waals surface area (Å²) in [7, 11) is -2.81.